The third kappa shape index (κ3) is 8.13. The summed E-state index contributed by atoms with van der Waals surface area (Å²) in [4.78, 5) is 4.28. The van der Waals surface area contributed by atoms with E-state index in [1.807, 2.05) is 19.1 Å². The summed E-state index contributed by atoms with van der Waals surface area (Å²) in [6.07, 6.45) is 5.96. The summed E-state index contributed by atoms with van der Waals surface area (Å²) in [5.74, 6) is 2.41. The Morgan fingerprint density at radius 3 is 2.67 bits per heavy atom. The molecule has 1 aliphatic carbocycles. The molecule has 6 nitrogen and oxygen atoms in total. The molecule has 27 heavy (non-hydrogen) atoms. The van der Waals surface area contributed by atoms with Crippen LogP contribution in [0.15, 0.2) is 23.2 Å². The van der Waals surface area contributed by atoms with Gasteiger partial charge in [-0.05, 0) is 45.1 Å². The zero-order valence-electron chi connectivity index (χ0n) is 16.8. The highest BCUT2D eigenvalue weighted by atomic mass is 127. The van der Waals surface area contributed by atoms with E-state index < -0.39 is 0 Å². The standard InChI is InChI=1S/C20H33N3O3.HI/c1-4-25-14-8-13-22-20(21-2)23-15-16-9-7-12-18(24-3)19(16)26-17-10-5-6-11-17;/h7,9,12,17H,4-6,8,10-11,13-15H2,1-3H3,(H2,21,22,23);1H. The smallest absolute Gasteiger partial charge is 0.191 e. The van der Waals surface area contributed by atoms with Gasteiger partial charge in [0.05, 0.1) is 13.2 Å². The first-order valence-corrected chi connectivity index (χ1v) is 9.63. The van der Waals surface area contributed by atoms with Crippen molar-refractivity contribution in [2.24, 2.45) is 4.99 Å². The van der Waals surface area contributed by atoms with Crippen LogP contribution in [0.5, 0.6) is 11.5 Å². The average Bonchev–Trinajstić information content (AvgIpc) is 3.18. The van der Waals surface area contributed by atoms with Crippen LogP contribution in [-0.4, -0.2) is 46.0 Å². The van der Waals surface area contributed by atoms with Crippen molar-refractivity contribution in [3.63, 3.8) is 0 Å². The first kappa shape index (κ1) is 23.8. The quantitative estimate of drug-likeness (QED) is 0.226. The van der Waals surface area contributed by atoms with Gasteiger partial charge in [0.15, 0.2) is 17.5 Å². The summed E-state index contributed by atoms with van der Waals surface area (Å²) in [5.41, 5.74) is 1.08. The summed E-state index contributed by atoms with van der Waals surface area (Å²) in [7, 11) is 3.46. The molecule has 1 saturated carbocycles. The average molecular weight is 491 g/mol. The van der Waals surface area contributed by atoms with E-state index in [0.29, 0.717) is 12.6 Å². The molecule has 2 rings (SSSR count). The van der Waals surface area contributed by atoms with Crippen molar-refractivity contribution in [1.82, 2.24) is 10.6 Å². The number of nitrogens with zero attached hydrogens (tertiary/aromatic N) is 1. The third-order valence-corrected chi connectivity index (χ3v) is 4.50. The summed E-state index contributed by atoms with van der Waals surface area (Å²) in [5, 5.41) is 6.66. The predicted octanol–water partition coefficient (Wildman–Crippen LogP) is 3.73. The highest BCUT2D eigenvalue weighted by Gasteiger charge is 2.20. The zero-order valence-corrected chi connectivity index (χ0v) is 19.1. The van der Waals surface area contributed by atoms with Crippen LogP contribution in [0, 0.1) is 0 Å². The molecule has 0 spiro atoms. The van der Waals surface area contributed by atoms with Crippen molar-refractivity contribution >= 4 is 29.9 Å². The lowest BCUT2D eigenvalue weighted by Gasteiger charge is -2.20. The molecule has 0 amide bonds. The topological polar surface area (TPSA) is 64.1 Å². The monoisotopic (exact) mass is 491 g/mol. The lowest BCUT2D eigenvalue weighted by Crippen LogP contribution is -2.37. The van der Waals surface area contributed by atoms with Crippen LogP contribution in [0.2, 0.25) is 0 Å². The summed E-state index contributed by atoms with van der Waals surface area (Å²) < 4.78 is 17.1. The molecule has 1 aromatic carbocycles. The highest BCUT2D eigenvalue weighted by molar-refractivity contribution is 14.0. The van der Waals surface area contributed by atoms with Crippen LogP contribution in [-0.2, 0) is 11.3 Å². The van der Waals surface area contributed by atoms with E-state index >= 15 is 0 Å². The first-order chi connectivity index (χ1) is 12.8. The van der Waals surface area contributed by atoms with Crippen molar-refractivity contribution in [1.29, 1.82) is 0 Å². The number of nitrogens with one attached hydrogen (secondary N) is 2. The molecule has 0 saturated heterocycles. The van der Waals surface area contributed by atoms with Crippen molar-refractivity contribution in [3.05, 3.63) is 23.8 Å². The molecule has 1 aromatic rings. The SMILES string of the molecule is CCOCCCNC(=NC)NCc1cccc(OC)c1OC1CCCC1.I. The Bertz CT molecular complexity index is 563. The summed E-state index contributed by atoms with van der Waals surface area (Å²) >= 11 is 0. The molecule has 0 aliphatic heterocycles. The van der Waals surface area contributed by atoms with Gasteiger partial charge in [0.1, 0.15) is 0 Å². The van der Waals surface area contributed by atoms with Gasteiger partial charge in [-0.15, -0.1) is 24.0 Å². The number of hydrogen-bond donors (Lipinski definition) is 2. The first-order valence-electron chi connectivity index (χ1n) is 9.63. The molecule has 0 aromatic heterocycles. The zero-order chi connectivity index (χ0) is 18.6. The minimum atomic E-state index is 0. The Labute approximate surface area is 180 Å². The number of methoxy groups -OCH3 is 1. The summed E-state index contributed by atoms with van der Waals surface area (Å²) in [6, 6.07) is 6.02. The van der Waals surface area contributed by atoms with Crippen LogP contribution in [0.25, 0.3) is 0 Å². The lowest BCUT2D eigenvalue weighted by atomic mass is 10.1. The number of rotatable bonds is 10. The van der Waals surface area contributed by atoms with Gasteiger partial charge in [-0.3, -0.25) is 4.99 Å². The van der Waals surface area contributed by atoms with Crippen LogP contribution in [0.4, 0.5) is 0 Å². The maximum Gasteiger partial charge on any atom is 0.191 e. The Morgan fingerprint density at radius 1 is 1.22 bits per heavy atom. The maximum atomic E-state index is 6.28. The fraction of sp³-hybridized carbons (Fsp3) is 0.650. The van der Waals surface area contributed by atoms with E-state index in [-0.39, 0.29) is 24.0 Å². The second-order valence-corrected chi connectivity index (χ2v) is 6.38. The Morgan fingerprint density at radius 2 is 2.00 bits per heavy atom. The van der Waals surface area contributed by atoms with Gasteiger partial charge in [0.2, 0.25) is 0 Å². The van der Waals surface area contributed by atoms with Gasteiger partial charge in [-0.25, -0.2) is 0 Å². The fourth-order valence-corrected chi connectivity index (χ4v) is 3.09. The molecule has 1 fully saturated rings. The van der Waals surface area contributed by atoms with E-state index in [1.54, 1.807) is 14.2 Å². The molecule has 2 N–H and O–H groups in total. The molecule has 0 heterocycles. The second-order valence-electron chi connectivity index (χ2n) is 6.38. The van der Waals surface area contributed by atoms with E-state index in [1.165, 1.54) is 12.8 Å². The van der Waals surface area contributed by atoms with Gasteiger partial charge < -0.3 is 24.8 Å². The molecule has 0 atom stereocenters. The van der Waals surface area contributed by atoms with Gasteiger partial charge in [-0.2, -0.15) is 0 Å². The lowest BCUT2D eigenvalue weighted by molar-refractivity contribution is 0.145. The van der Waals surface area contributed by atoms with E-state index in [2.05, 4.69) is 21.7 Å². The number of hydrogen-bond acceptors (Lipinski definition) is 4. The van der Waals surface area contributed by atoms with Gasteiger partial charge >= 0.3 is 0 Å². The Balaban J connectivity index is 0.00000364. The van der Waals surface area contributed by atoms with E-state index in [0.717, 1.165) is 62.0 Å². The normalized spacial score (nSPS) is 14.6. The van der Waals surface area contributed by atoms with Crippen molar-refractivity contribution in [2.45, 2.75) is 51.7 Å². The third-order valence-electron chi connectivity index (χ3n) is 4.50. The number of guanidine groups is 1. The van der Waals surface area contributed by atoms with E-state index in [9.17, 15) is 0 Å². The number of halogens is 1. The molecular formula is C20H34IN3O3. The van der Waals surface area contributed by atoms with Gasteiger partial charge in [0.25, 0.3) is 0 Å². The van der Waals surface area contributed by atoms with Crippen molar-refractivity contribution < 1.29 is 14.2 Å². The number of ether oxygens (including phenoxy) is 3. The van der Waals surface area contributed by atoms with Crippen LogP contribution in [0.1, 0.15) is 44.6 Å². The number of benzene rings is 1. The molecule has 1 aliphatic rings. The molecule has 0 radical (unpaired) electrons. The largest absolute Gasteiger partial charge is 0.493 e. The molecule has 0 unspecified atom stereocenters. The van der Waals surface area contributed by atoms with Gasteiger partial charge in [0, 0.05) is 38.9 Å². The Kier molecular flexibility index (Phi) is 12.2. The van der Waals surface area contributed by atoms with Crippen molar-refractivity contribution in [3.8, 4) is 11.5 Å². The number of para-hydroxylation sites is 1. The Hall–Kier alpha value is -1.22. The van der Waals surface area contributed by atoms with Gasteiger partial charge in [-0.1, -0.05) is 12.1 Å². The van der Waals surface area contributed by atoms with Crippen LogP contribution < -0.4 is 20.1 Å². The maximum absolute atomic E-state index is 6.28. The predicted molar refractivity (Wildman–Crippen MR) is 121 cm³/mol. The highest BCUT2D eigenvalue weighted by Crippen LogP contribution is 2.34. The summed E-state index contributed by atoms with van der Waals surface area (Å²) in [6.45, 7) is 4.98. The van der Waals surface area contributed by atoms with Crippen LogP contribution >= 0.6 is 24.0 Å². The minimum Gasteiger partial charge on any atom is -0.493 e. The minimum absolute atomic E-state index is 0. The second kappa shape index (κ2) is 13.9. The number of aliphatic imine (C=N–C) groups is 1. The molecule has 154 valence electrons. The molecular weight excluding hydrogens is 457 g/mol. The molecule has 0 bridgehead atoms. The molecule has 7 heteroatoms. The van der Waals surface area contributed by atoms with Crippen LogP contribution in [0.3, 0.4) is 0 Å². The van der Waals surface area contributed by atoms with Crippen molar-refractivity contribution in [2.75, 3.05) is 33.9 Å². The van der Waals surface area contributed by atoms with E-state index in [4.69, 9.17) is 14.2 Å². The fourth-order valence-electron chi connectivity index (χ4n) is 3.09.